The minimum Gasteiger partial charge on any atom is -0.340 e. The molecule has 1 aliphatic rings. The van der Waals surface area contributed by atoms with Gasteiger partial charge in [0.1, 0.15) is 0 Å². The van der Waals surface area contributed by atoms with E-state index in [1.807, 2.05) is 30.5 Å². The lowest BCUT2D eigenvalue weighted by Crippen LogP contribution is -2.46. The van der Waals surface area contributed by atoms with Gasteiger partial charge in [-0.1, -0.05) is 0 Å². The molecule has 0 saturated carbocycles. The number of hydrogen-bond donors (Lipinski definition) is 0. The fraction of sp³-hybridized carbons (Fsp3) is 0.500. The average molecular weight is 381 g/mol. The van der Waals surface area contributed by atoms with Crippen molar-refractivity contribution in [3.05, 3.63) is 38.8 Å². The normalized spacial score (nSPS) is 19.3. The Bertz CT molecular complexity index is 630. The maximum Gasteiger partial charge on any atom is 0.225 e. The van der Waals surface area contributed by atoms with Crippen molar-refractivity contribution in [3.8, 4) is 0 Å². The third-order valence-corrected chi connectivity index (χ3v) is 5.74. The standard InChI is InChI=1S/C16H21BrN4S/c1-12-7-8-18-16(19-12)20(2)13-4-3-9-21(10-13)11-14-5-6-15(17)22-14/h5-8,13H,3-4,9-11H2,1-2H3. The van der Waals surface area contributed by atoms with Crippen LogP contribution in [0.15, 0.2) is 28.2 Å². The van der Waals surface area contributed by atoms with Crippen LogP contribution < -0.4 is 4.90 Å². The molecule has 22 heavy (non-hydrogen) atoms. The van der Waals surface area contributed by atoms with E-state index < -0.39 is 0 Å². The first kappa shape index (κ1) is 15.9. The molecule has 118 valence electrons. The van der Waals surface area contributed by atoms with E-state index in [-0.39, 0.29) is 0 Å². The Kier molecular flexibility index (Phi) is 5.10. The van der Waals surface area contributed by atoms with Crippen molar-refractivity contribution in [1.82, 2.24) is 14.9 Å². The van der Waals surface area contributed by atoms with E-state index in [1.165, 1.54) is 28.0 Å². The lowest BCUT2D eigenvalue weighted by atomic mass is 10.0. The zero-order valence-electron chi connectivity index (χ0n) is 13.0. The third kappa shape index (κ3) is 3.86. The molecule has 0 spiro atoms. The van der Waals surface area contributed by atoms with Crippen LogP contribution in [0.2, 0.25) is 0 Å². The third-order valence-electron chi connectivity index (χ3n) is 4.13. The first-order chi connectivity index (χ1) is 10.6. The maximum atomic E-state index is 4.55. The Hall–Kier alpha value is -0.980. The van der Waals surface area contributed by atoms with Gasteiger partial charge in [-0.15, -0.1) is 11.3 Å². The Labute approximate surface area is 144 Å². The van der Waals surface area contributed by atoms with E-state index >= 15 is 0 Å². The molecule has 0 aliphatic carbocycles. The highest BCUT2D eigenvalue weighted by molar-refractivity contribution is 9.11. The number of rotatable bonds is 4. The van der Waals surface area contributed by atoms with Crippen LogP contribution in [0.5, 0.6) is 0 Å². The van der Waals surface area contributed by atoms with Crippen LogP contribution in [0.3, 0.4) is 0 Å². The van der Waals surface area contributed by atoms with E-state index in [4.69, 9.17) is 0 Å². The molecule has 2 aromatic heterocycles. The van der Waals surface area contributed by atoms with Gasteiger partial charge in [-0.25, -0.2) is 9.97 Å². The lowest BCUT2D eigenvalue weighted by molar-refractivity contribution is 0.199. The van der Waals surface area contributed by atoms with Crippen LogP contribution in [0, 0.1) is 6.92 Å². The van der Waals surface area contributed by atoms with E-state index in [2.05, 4.69) is 54.9 Å². The van der Waals surface area contributed by atoms with Crippen LogP contribution in [0.4, 0.5) is 5.95 Å². The van der Waals surface area contributed by atoms with Crippen molar-refractivity contribution in [2.75, 3.05) is 25.0 Å². The zero-order chi connectivity index (χ0) is 15.5. The fourth-order valence-electron chi connectivity index (χ4n) is 2.92. The van der Waals surface area contributed by atoms with Gasteiger partial charge >= 0.3 is 0 Å². The summed E-state index contributed by atoms with van der Waals surface area (Å²) in [5.74, 6) is 0.839. The molecule has 2 aromatic rings. The molecule has 1 saturated heterocycles. The SMILES string of the molecule is Cc1ccnc(N(C)C2CCCN(Cc3ccc(Br)s3)C2)n1. The van der Waals surface area contributed by atoms with Crippen molar-refractivity contribution < 1.29 is 0 Å². The number of piperidine rings is 1. The monoisotopic (exact) mass is 380 g/mol. The van der Waals surface area contributed by atoms with Crippen molar-refractivity contribution in [2.24, 2.45) is 0 Å². The van der Waals surface area contributed by atoms with Gasteiger partial charge in [0.2, 0.25) is 5.95 Å². The number of likely N-dealkylation sites (N-methyl/N-ethyl adjacent to an activating group) is 1. The number of hydrogen-bond acceptors (Lipinski definition) is 5. The molecule has 1 fully saturated rings. The predicted molar refractivity (Wildman–Crippen MR) is 95.5 cm³/mol. The van der Waals surface area contributed by atoms with Crippen LogP contribution >= 0.6 is 27.3 Å². The minimum absolute atomic E-state index is 0.485. The highest BCUT2D eigenvalue weighted by atomic mass is 79.9. The van der Waals surface area contributed by atoms with E-state index in [0.717, 1.165) is 24.7 Å². The molecule has 1 atom stereocenters. The van der Waals surface area contributed by atoms with Gasteiger partial charge in [0.15, 0.2) is 0 Å². The molecule has 4 nitrogen and oxygen atoms in total. The van der Waals surface area contributed by atoms with Crippen LogP contribution in [0.25, 0.3) is 0 Å². The number of aromatic nitrogens is 2. The summed E-state index contributed by atoms with van der Waals surface area (Å²) in [6.45, 7) is 5.30. The summed E-state index contributed by atoms with van der Waals surface area (Å²) in [5, 5.41) is 0. The van der Waals surface area contributed by atoms with E-state index in [9.17, 15) is 0 Å². The second-order valence-electron chi connectivity index (χ2n) is 5.85. The Morgan fingerprint density at radius 3 is 3.00 bits per heavy atom. The second kappa shape index (κ2) is 7.06. The van der Waals surface area contributed by atoms with Gasteiger partial charge in [0.25, 0.3) is 0 Å². The van der Waals surface area contributed by atoms with E-state index in [0.29, 0.717) is 6.04 Å². The topological polar surface area (TPSA) is 32.3 Å². The first-order valence-electron chi connectivity index (χ1n) is 7.61. The molecule has 3 rings (SSSR count). The molecule has 1 aliphatic heterocycles. The number of likely N-dealkylation sites (tertiary alicyclic amines) is 1. The first-order valence-corrected chi connectivity index (χ1v) is 9.22. The van der Waals surface area contributed by atoms with Crippen molar-refractivity contribution in [2.45, 2.75) is 32.4 Å². The maximum absolute atomic E-state index is 4.55. The number of aryl methyl sites for hydroxylation is 1. The van der Waals surface area contributed by atoms with E-state index in [1.54, 1.807) is 0 Å². The molecule has 1 unspecified atom stereocenters. The van der Waals surface area contributed by atoms with Crippen LogP contribution in [-0.2, 0) is 6.54 Å². The Balaban J connectivity index is 1.64. The summed E-state index contributed by atoms with van der Waals surface area (Å²) in [6, 6.07) is 6.78. The van der Waals surface area contributed by atoms with Gasteiger partial charge in [-0.3, -0.25) is 4.90 Å². The molecule has 0 bridgehead atoms. The van der Waals surface area contributed by atoms with Crippen LogP contribution in [0.1, 0.15) is 23.4 Å². The molecular weight excluding hydrogens is 360 g/mol. The minimum atomic E-state index is 0.485. The summed E-state index contributed by atoms with van der Waals surface area (Å²) in [6.07, 6.45) is 4.28. The summed E-state index contributed by atoms with van der Waals surface area (Å²) in [5.41, 5.74) is 1.02. The summed E-state index contributed by atoms with van der Waals surface area (Å²) in [4.78, 5) is 15.2. The smallest absolute Gasteiger partial charge is 0.225 e. The van der Waals surface area contributed by atoms with Gasteiger partial charge in [-0.2, -0.15) is 0 Å². The molecule has 3 heterocycles. The summed E-state index contributed by atoms with van der Waals surface area (Å²) >= 11 is 5.37. The van der Waals surface area contributed by atoms with Crippen LogP contribution in [-0.4, -0.2) is 41.0 Å². The second-order valence-corrected chi connectivity index (χ2v) is 8.39. The zero-order valence-corrected chi connectivity index (χ0v) is 15.4. The number of anilines is 1. The van der Waals surface area contributed by atoms with Gasteiger partial charge in [0, 0.05) is 42.9 Å². The van der Waals surface area contributed by atoms with Crippen molar-refractivity contribution >= 4 is 33.2 Å². The molecule has 0 N–H and O–H groups in total. The van der Waals surface area contributed by atoms with Gasteiger partial charge in [-0.05, 0) is 60.4 Å². The van der Waals surface area contributed by atoms with Crippen molar-refractivity contribution in [1.29, 1.82) is 0 Å². The molecule has 0 aromatic carbocycles. The van der Waals surface area contributed by atoms with Crippen molar-refractivity contribution in [3.63, 3.8) is 0 Å². The molecule has 0 radical (unpaired) electrons. The lowest BCUT2D eigenvalue weighted by Gasteiger charge is -2.37. The van der Waals surface area contributed by atoms with Gasteiger partial charge in [0.05, 0.1) is 3.79 Å². The van der Waals surface area contributed by atoms with Gasteiger partial charge < -0.3 is 4.90 Å². The summed E-state index contributed by atoms with van der Waals surface area (Å²) < 4.78 is 1.21. The predicted octanol–water partition coefficient (Wildman–Crippen LogP) is 3.71. The Morgan fingerprint density at radius 2 is 2.27 bits per heavy atom. The molecule has 0 amide bonds. The quantitative estimate of drug-likeness (QED) is 0.808. The highest BCUT2D eigenvalue weighted by Crippen LogP contribution is 2.25. The number of nitrogens with zero attached hydrogens (tertiary/aromatic N) is 4. The fourth-order valence-corrected chi connectivity index (χ4v) is 4.44. The summed E-state index contributed by atoms with van der Waals surface area (Å²) in [7, 11) is 2.12. The number of halogens is 1. The highest BCUT2D eigenvalue weighted by Gasteiger charge is 2.25. The largest absolute Gasteiger partial charge is 0.340 e. The Morgan fingerprint density at radius 1 is 1.41 bits per heavy atom. The number of thiophene rings is 1. The average Bonchev–Trinajstić information content (AvgIpc) is 2.92. The molecule has 6 heteroatoms. The molecular formula is C16H21BrN4S.